The SMILES string of the molecule is CC=COCCOOOOOOCCCCCCCCCCCCC. The zero-order chi connectivity index (χ0) is 18.3. The van der Waals surface area contributed by atoms with Crippen molar-refractivity contribution in [3.05, 3.63) is 12.3 Å². The molecule has 0 spiro atoms. The Morgan fingerprint density at radius 1 is 0.560 bits per heavy atom. The summed E-state index contributed by atoms with van der Waals surface area (Å²) in [7, 11) is 0. The quantitative estimate of drug-likeness (QED) is 0.115. The second kappa shape index (κ2) is 23.3. The smallest absolute Gasteiger partial charge is 0.119 e. The average molecular weight is 364 g/mol. The van der Waals surface area contributed by atoms with E-state index in [1.807, 2.05) is 6.92 Å². The lowest BCUT2D eigenvalue weighted by Crippen LogP contribution is -2.05. The molecule has 0 aliphatic rings. The first-order valence-corrected chi connectivity index (χ1v) is 9.55. The van der Waals surface area contributed by atoms with Crippen LogP contribution in [-0.2, 0) is 34.7 Å². The number of hydrogen-bond donors (Lipinski definition) is 0. The molecule has 0 N–H and O–H groups in total. The van der Waals surface area contributed by atoms with Gasteiger partial charge < -0.3 is 4.74 Å². The summed E-state index contributed by atoms with van der Waals surface area (Å²) in [6.07, 6.45) is 17.4. The second-order valence-electron chi connectivity index (χ2n) is 5.79. The van der Waals surface area contributed by atoms with E-state index in [1.165, 1.54) is 57.8 Å². The molecule has 0 aliphatic heterocycles. The predicted molar refractivity (Wildman–Crippen MR) is 93.5 cm³/mol. The van der Waals surface area contributed by atoms with Crippen molar-refractivity contribution in [1.29, 1.82) is 0 Å². The Labute approximate surface area is 152 Å². The number of rotatable bonds is 21. The topological polar surface area (TPSA) is 64.6 Å². The van der Waals surface area contributed by atoms with Crippen LogP contribution in [0.4, 0.5) is 0 Å². The van der Waals surface area contributed by atoms with Crippen LogP contribution in [0.2, 0.25) is 0 Å². The molecule has 0 aromatic carbocycles. The van der Waals surface area contributed by atoms with Gasteiger partial charge in [0, 0.05) is 0 Å². The summed E-state index contributed by atoms with van der Waals surface area (Å²) in [5.41, 5.74) is 0. The Morgan fingerprint density at radius 3 is 1.64 bits per heavy atom. The summed E-state index contributed by atoms with van der Waals surface area (Å²) in [6.45, 7) is 5.07. The zero-order valence-electron chi connectivity index (χ0n) is 15.9. The van der Waals surface area contributed by atoms with Crippen LogP contribution in [0.15, 0.2) is 12.3 Å². The van der Waals surface area contributed by atoms with E-state index in [4.69, 9.17) is 9.62 Å². The molecule has 0 amide bonds. The third kappa shape index (κ3) is 23.3. The molecular formula is C18H36O7. The van der Waals surface area contributed by atoms with E-state index in [-0.39, 0.29) is 6.61 Å². The average Bonchev–Trinajstić information content (AvgIpc) is 2.63. The molecule has 150 valence electrons. The summed E-state index contributed by atoms with van der Waals surface area (Å²) >= 11 is 0. The van der Waals surface area contributed by atoms with Crippen molar-refractivity contribution in [1.82, 2.24) is 0 Å². The summed E-state index contributed by atoms with van der Waals surface area (Å²) in [6, 6.07) is 0. The minimum atomic E-state index is 0.188. The summed E-state index contributed by atoms with van der Waals surface area (Å²) in [5, 5.41) is 16.7. The van der Waals surface area contributed by atoms with Gasteiger partial charge in [0.15, 0.2) is 0 Å². The normalized spacial score (nSPS) is 11.4. The maximum absolute atomic E-state index is 4.98. The van der Waals surface area contributed by atoms with Crippen LogP contribution in [0.25, 0.3) is 0 Å². The van der Waals surface area contributed by atoms with Crippen molar-refractivity contribution in [2.24, 2.45) is 0 Å². The first-order chi connectivity index (χ1) is 12.4. The molecule has 0 radical (unpaired) electrons. The van der Waals surface area contributed by atoms with Gasteiger partial charge in [-0.2, -0.15) is 0 Å². The van der Waals surface area contributed by atoms with E-state index < -0.39 is 0 Å². The van der Waals surface area contributed by atoms with Crippen LogP contribution < -0.4 is 0 Å². The minimum absolute atomic E-state index is 0.188. The van der Waals surface area contributed by atoms with Crippen molar-refractivity contribution in [2.75, 3.05) is 19.8 Å². The highest BCUT2D eigenvalue weighted by Gasteiger charge is 1.96. The Morgan fingerprint density at radius 2 is 1.08 bits per heavy atom. The van der Waals surface area contributed by atoms with Crippen LogP contribution in [0, 0.1) is 0 Å². The van der Waals surface area contributed by atoms with Crippen molar-refractivity contribution >= 4 is 0 Å². The van der Waals surface area contributed by atoms with Gasteiger partial charge in [0.1, 0.15) is 13.2 Å². The molecule has 0 atom stereocenters. The first kappa shape index (κ1) is 24.3. The van der Waals surface area contributed by atoms with Gasteiger partial charge in [-0.1, -0.05) is 77.2 Å². The van der Waals surface area contributed by atoms with E-state index in [0.29, 0.717) is 13.2 Å². The van der Waals surface area contributed by atoms with Crippen LogP contribution in [0.1, 0.15) is 84.5 Å². The number of hydrogen-bond acceptors (Lipinski definition) is 7. The number of ether oxygens (including phenoxy) is 1. The Kier molecular flexibility index (Phi) is 22.6. The van der Waals surface area contributed by atoms with Gasteiger partial charge in [0.2, 0.25) is 0 Å². The number of unbranched alkanes of at least 4 members (excludes halogenated alkanes) is 10. The Bertz CT molecular complexity index is 262. The van der Waals surface area contributed by atoms with Gasteiger partial charge in [-0.05, 0) is 33.5 Å². The molecule has 0 saturated heterocycles. The van der Waals surface area contributed by atoms with E-state index in [0.717, 1.165) is 12.8 Å². The standard InChI is InChI=1S/C18H36O7/c1-3-5-6-7-8-9-10-11-12-13-14-16-20-22-24-25-23-21-18-17-19-15-4-2/h4,15H,3,5-14,16-18H2,1-2H3. The summed E-state index contributed by atoms with van der Waals surface area (Å²) in [5.74, 6) is 0. The summed E-state index contributed by atoms with van der Waals surface area (Å²) < 4.78 is 4.98. The molecule has 0 aromatic heterocycles. The van der Waals surface area contributed by atoms with Gasteiger partial charge in [-0.3, -0.25) is 0 Å². The van der Waals surface area contributed by atoms with Gasteiger partial charge in [-0.25, -0.2) is 9.78 Å². The monoisotopic (exact) mass is 364 g/mol. The van der Waals surface area contributed by atoms with Crippen LogP contribution >= 0.6 is 0 Å². The highest BCUT2D eigenvalue weighted by Crippen LogP contribution is 2.11. The molecule has 7 heteroatoms. The second-order valence-corrected chi connectivity index (χ2v) is 5.79. The summed E-state index contributed by atoms with van der Waals surface area (Å²) in [4.78, 5) is 9.32. The third-order valence-corrected chi connectivity index (χ3v) is 3.53. The van der Waals surface area contributed by atoms with Crippen LogP contribution in [-0.4, -0.2) is 19.8 Å². The zero-order valence-corrected chi connectivity index (χ0v) is 15.9. The van der Waals surface area contributed by atoms with Gasteiger partial charge >= 0.3 is 0 Å². The lowest BCUT2D eigenvalue weighted by atomic mass is 10.1. The Hall–Kier alpha value is -0.700. The van der Waals surface area contributed by atoms with Gasteiger partial charge in [0.25, 0.3) is 0 Å². The molecule has 0 unspecified atom stereocenters. The molecule has 0 fully saturated rings. The highest BCUT2D eigenvalue weighted by molar-refractivity contribution is 4.64. The maximum Gasteiger partial charge on any atom is 0.119 e. The van der Waals surface area contributed by atoms with Crippen LogP contribution in [0.5, 0.6) is 0 Å². The first-order valence-electron chi connectivity index (χ1n) is 9.55. The largest absolute Gasteiger partial charge is 0.499 e. The fourth-order valence-corrected chi connectivity index (χ4v) is 2.20. The molecular weight excluding hydrogens is 328 g/mol. The van der Waals surface area contributed by atoms with Gasteiger partial charge in [0.05, 0.1) is 12.9 Å². The van der Waals surface area contributed by atoms with Crippen molar-refractivity contribution in [2.45, 2.75) is 84.5 Å². The van der Waals surface area contributed by atoms with E-state index in [9.17, 15) is 0 Å². The number of allylic oxidation sites excluding steroid dienone is 1. The van der Waals surface area contributed by atoms with Crippen LogP contribution in [0.3, 0.4) is 0 Å². The molecule has 0 aliphatic carbocycles. The van der Waals surface area contributed by atoms with Crippen molar-refractivity contribution < 1.29 is 34.7 Å². The molecule has 0 heterocycles. The third-order valence-electron chi connectivity index (χ3n) is 3.53. The molecule has 0 saturated carbocycles. The maximum atomic E-state index is 4.98. The fourth-order valence-electron chi connectivity index (χ4n) is 2.20. The lowest BCUT2D eigenvalue weighted by Gasteiger charge is -2.03. The lowest BCUT2D eigenvalue weighted by molar-refractivity contribution is -0.756. The van der Waals surface area contributed by atoms with Crippen molar-refractivity contribution in [3.63, 3.8) is 0 Å². The van der Waals surface area contributed by atoms with E-state index in [2.05, 4.69) is 32.0 Å². The Balaban J connectivity index is 2.96. The van der Waals surface area contributed by atoms with E-state index >= 15 is 0 Å². The molecule has 0 bridgehead atoms. The fraction of sp³-hybridized carbons (Fsp3) is 0.889. The van der Waals surface area contributed by atoms with Gasteiger partial charge in [-0.15, -0.1) is 0 Å². The molecule has 25 heavy (non-hydrogen) atoms. The predicted octanol–water partition coefficient (Wildman–Crippen LogP) is 5.52. The minimum Gasteiger partial charge on any atom is -0.499 e. The molecule has 7 nitrogen and oxygen atoms in total. The molecule has 0 aromatic rings. The van der Waals surface area contributed by atoms with Crippen molar-refractivity contribution in [3.8, 4) is 0 Å². The highest BCUT2D eigenvalue weighted by atomic mass is 17.8. The van der Waals surface area contributed by atoms with E-state index in [1.54, 1.807) is 12.3 Å². The molecule has 0 rings (SSSR count).